The molecule has 3 nitrogen and oxygen atoms in total. The van der Waals surface area contributed by atoms with Crippen LogP contribution in [0.1, 0.15) is 11.6 Å². The zero-order valence-electron chi connectivity index (χ0n) is 5.22. The molecule has 0 aliphatic rings. The second-order valence-electron chi connectivity index (χ2n) is 1.80. The summed E-state index contributed by atoms with van der Waals surface area (Å²) >= 11 is 0. The smallest absolute Gasteiger partial charge is 0.441 e. The van der Waals surface area contributed by atoms with Crippen LogP contribution in [0, 0.1) is 0 Å². The number of nitrogens with zero attached hydrogens (tertiary/aromatic N) is 1. The van der Waals surface area contributed by atoms with E-state index in [9.17, 15) is 13.2 Å². The fourth-order valence-electron chi connectivity index (χ4n) is 0.510. The van der Waals surface area contributed by atoms with E-state index >= 15 is 0 Å². The Balaban J connectivity index is 2.89. The van der Waals surface area contributed by atoms with Crippen LogP contribution in [-0.4, -0.2) is 10.1 Å². The molecule has 1 rings (SSSR count). The number of aliphatic hydroxyl groups is 1. The zero-order chi connectivity index (χ0) is 8.48. The van der Waals surface area contributed by atoms with E-state index in [1.165, 1.54) is 0 Å². The first-order valence-electron chi connectivity index (χ1n) is 2.66. The Labute approximate surface area is 59.5 Å². The first-order chi connectivity index (χ1) is 5.04. The number of hydrogen-bond donors (Lipinski definition) is 1. The van der Waals surface area contributed by atoms with E-state index in [0.717, 1.165) is 6.26 Å². The number of rotatable bonds is 1. The van der Waals surface area contributed by atoms with Gasteiger partial charge in [0.05, 0.1) is 6.61 Å². The Kier molecular flexibility index (Phi) is 1.86. The predicted octanol–water partition coefficient (Wildman–Crippen LogP) is 1.19. The lowest BCUT2D eigenvalue weighted by Crippen LogP contribution is -2.05. The van der Waals surface area contributed by atoms with Crippen LogP contribution in [0.3, 0.4) is 0 Å². The topological polar surface area (TPSA) is 46.3 Å². The van der Waals surface area contributed by atoms with Gasteiger partial charge in [-0.3, -0.25) is 0 Å². The van der Waals surface area contributed by atoms with Crippen molar-refractivity contribution in [3.63, 3.8) is 0 Å². The summed E-state index contributed by atoms with van der Waals surface area (Å²) < 4.78 is 39.1. The molecule has 0 unspecified atom stereocenters. The largest absolute Gasteiger partial charge is 0.468 e. The van der Waals surface area contributed by atoms with Crippen molar-refractivity contribution >= 4 is 0 Å². The third-order valence-corrected chi connectivity index (χ3v) is 0.956. The van der Waals surface area contributed by atoms with Gasteiger partial charge in [-0.05, 0) is 0 Å². The van der Waals surface area contributed by atoms with Gasteiger partial charge >= 0.3 is 12.1 Å². The van der Waals surface area contributed by atoms with Crippen molar-refractivity contribution in [3.05, 3.63) is 17.8 Å². The van der Waals surface area contributed by atoms with Gasteiger partial charge in [0.1, 0.15) is 12.0 Å². The van der Waals surface area contributed by atoms with Gasteiger partial charge in [-0.1, -0.05) is 0 Å². The molecular weight excluding hydrogens is 163 g/mol. The molecule has 1 N–H and O–H groups in total. The third-order valence-electron chi connectivity index (χ3n) is 0.956. The Morgan fingerprint density at radius 3 is 2.45 bits per heavy atom. The first kappa shape index (κ1) is 8.06. The van der Waals surface area contributed by atoms with Gasteiger partial charge in [-0.15, -0.1) is 0 Å². The molecule has 1 aromatic rings. The first-order valence-corrected chi connectivity index (χ1v) is 2.66. The van der Waals surface area contributed by atoms with E-state index in [1.54, 1.807) is 0 Å². The summed E-state index contributed by atoms with van der Waals surface area (Å²) in [6, 6.07) is 0. The van der Waals surface area contributed by atoms with Crippen LogP contribution in [0.5, 0.6) is 0 Å². The van der Waals surface area contributed by atoms with Gasteiger partial charge in [0, 0.05) is 0 Å². The van der Waals surface area contributed by atoms with Crippen molar-refractivity contribution < 1.29 is 22.7 Å². The molecule has 0 spiro atoms. The highest BCUT2D eigenvalue weighted by Gasteiger charge is 2.36. The van der Waals surface area contributed by atoms with Crippen molar-refractivity contribution in [2.24, 2.45) is 0 Å². The minimum absolute atomic E-state index is 0.127. The lowest BCUT2D eigenvalue weighted by atomic mass is 10.5. The summed E-state index contributed by atoms with van der Waals surface area (Å²) in [5.74, 6) is -1.33. The van der Waals surface area contributed by atoms with Gasteiger partial charge in [0.15, 0.2) is 0 Å². The fourth-order valence-corrected chi connectivity index (χ4v) is 0.510. The molecule has 0 aliphatic carbocycles. The van der Waals surface area contributed by atoms with Crippen molar-refractivity contribution in [1.29, 1.82) is 0 Å². The van der Waals surface area contributed by atoms with Crippen LogP contribution < -0.4 is 0 Å². The average Bonchev–Trinajstić information content (AvgIpc) is 2.32. The molecule has 0 bridgehead atoms. The van der Waals surface area contributed by atoms with Gasteiger partial charge in [-0.25, -0.2) is 4.98 Å². The van der Waals surface area contributed by atoms with Gasteiger partial charge < -0.3 is 9.52 Å². The average molecular weight is 167 g/mol. The maximum absolute atomic E-state index is 11.7. The van der Waals surface area contributed by atoms with Crippen LogP contribution in [-0.2, 0) is 12.8 Å². The van der Waals surface area contributed by atoms with Crippen molar-refractivity contribution in [2.45, 2.75) is 12.8 Å². The van der Waals surface area contributed by atoms with E-state index in [-0.39, 0.29) is 5.69 Å². The van der Waals surface area contributed by atoms with Crippen molar-refractivity contribution in [2.75, 3.05) is 0 Å². The van der Waals surface area contributed by atoms with Crippen LogP contribution in [0.25, 0.3) is 0 Å². The summed E-state index contributed by atoms with van der Waals surface area (Å²) in [6.45, 7) is -0.556. The summed E-state index contributed by atoms with van der Waals surface area (Å²) in [5, 5.41) is 8.33. The Morgan fingerprint density at radius 2 is 2.18 bits per heavy atom. The summed E-state index contributed by atoms with van der Waals surface area (Å²) in [5.41, 5.74) is -0.127. The summed E-state index contributed by atoms with van der Waals surface area (Å²) in [7, 11) is 0. The van der Waals surface area contributed by atoms with Crippen LogP contribution in [0.2, 0.25) is 0 Å². The Hall–Kier alpha value is -1.04. The molecule has 0 aromatic carbocycles. The van der Waals surface area contributed by atoms with Gasteiger partial charge in [0.2, 0.25) is 0 Å². The molecule has 0 aliphatic heterocycles. The zero-order valence-corrected chi connectivity index (χ0v) is 5.22. The minimum atomic E-state index is -4.58. The molecular formula is C5H4F3NO2. The highest BCUT2D eigenvalue weighted by molar-refractivity contribution is 4.96. The molecule has 1 aromatic heterocycles. The van der Waals surface area contributed by atoms with Crippen molar-refractivity contribution in [3.8, 4) is 0 Å². The number of alkyl halides is 3. The van der Waals surface area contributed by atoms with E-state index < -0.39 is 18.7 Å². The Morgan fingerprint density at radius 1 is 1.55 bits per heavy atom. The maximum atomic E-state index is 11.7. The summed E-state index contributed by atoms with van der Waals surface area (Å²) in [4.78, 5) is 2.96. The maximum Gasteiger partial charge on any atom is 0.468 e. The second kappa shape index (κ2) is 2.54. The molecule has 0 amide bonds. The van der Waals surface area contributed by atoms with Crippen LogP contribution in [0.4, 0.5) is 13.2 Å². The molecule has 0 radical (unpaired) electrons. The van der Waals surface area contributed by atoms with Crippen molar-refractivity contribution in [1.82, 2.24) is 4.98 Å². The molecule has 62 valence electrons. The number of aromatic nitrogens is 1. The SMILES string of the molecule is OCc1coc(C(F)(F)F)n1. The number of oxazole rings is 1. The van der Waals surface area contributed by atoms with E-state index in [4.69, 9.17) is 5.11 Å². The third kappa shape index (κ3) is 1.70. The molecule has 0 saturated heterocycles. The molecule has 0 fully saturated rings. The monoisotopic (exact) mass is 167 g/mol. The molecule has 1 heterocycles. The molecule has 11 heavy (non-hydrogen) atoms. The highest BCUT2D eigenvalue weighted by atomic mass is 19.4. The Bertz CT molecular complexity index is 242. The van der Waals surface area contributed by atoms with E-state index in [0.29, 0.717) is 0 Å². The normalized spacial score (nSPS) is 12.0. The fraction of sp³-hybridized carbons (Fsp3) is 0.400. The summed E-state index contributed by atoms with van der Waals surface area (Å²) in [6.07, 6.45) is -3.81. The van der Waals surface area contributed by atoms with Gasteiger partial charge in [-0.2, -0.15) is 13.2 Å². The number of aliphatic hydroxyl groups excluding tert-OH is 1. The number of hydrogen-bond acceptors (Lipinski definition) is 3. The second-order valence-corrected chi connectivity index (χ2v) is 1.80. The highest BCUT2D eigenvalue weighted by Crippen LogP contribution is 2.27. The van der Waals surface area contributed by atoms with E-state index in [2.05, 4.69) is 9.40 Å². The lowest BCUT2D eigenvalue weighted by molar-refractivity contribution is -0.157. The van der Waals surface area contributed by atoms with Gasteiger partial charge in [0.25, 0.3) is 0 Å². The van der Waals surface area contributed by atoms with Crippen LogP contribution in [0.15, 0.2) is 10.7 Å². The number of halogens is 3. The van der Waals surface area contributed by atoms with Crippen LogP contribution >= 0.6 is 0 Å². The quantitative estimate of drug-likeness (QED) is 0.683. The molecule has 0 atom stereocenters. The molecule has 6 heteroatoms. The molecule has 0 saturated carbocycles. The lowest BCUT2D eigenvalue weighted by Gasteiger charge is -1.97. The minimum Gasteiger partial charge on any atom is -0.441 e. The van der Waals surface area contributed by atoms with E-state index in [1.807, 2.05) is 0 Å². The predicted molar refractivity (Wildman–Crippen MR) is 27.4 cm³/mol. The standard InChI is InChI=1S/C5H4F3NO2/c6-5(7,8)4-9-3(1-10)2-11-4/h2,10H,1H2.